The van der Waals surface area contributed by atoms with Crippen LogP contribution in [0.1, 0.15) is 31.9 Å². The van der Waals surface area contributed by atoms with Gasteiger partial charge in [0.1, 0.15) is 18.4 Å². The van der Waals surface area contributed by atoms with Crippen molar-refractivity contribution in [1.29, 1.82) is 0 Å². The zero-order valence-corrected chi connectivity index (χ0v) is 23.6. The SMILES string of the molecule is Cc1ccc(N(CC(=O)N(CCc2ccccc2)[C@@H](C)C(=O)NCC(C)C)S(=O)(=O)c2ccc(F)cc2)cc1. The van der Waals surface area contributed by atoms with Gasteiger partial charge in [-0.05, 0) is 68.1 Å². The summed E-state index contributed by atoms with van der Waals surface area (Å²) in [6.45, 7) is 7.61. The molecule has 39 heavy (non-hydrogen) atoms. The highest BCUT2D eigenvalue weighted by Gasteiger charge is 2.32. The maximum Gasteiger partial charge on any atom is 0.264 e. The second kappa shape index (κ2) is 13.4. The van der Waals surface area contributed by atoms with Crippen molar-refractivity contribution in [3.8, 4) is 0 Å². The van der Waals surface area contributed by atoms with E-state index in [1.54, 1.807) is 31.2 Å². The summed E-state index contributed by atoms with van der Waals surface area (Å²) in [6.07, 6.45) is 0.490. The summed E-state index contributed by atoms with van der Waals surface area (Å²) in [5.74, 6) is -1.18. The van der Waals surface area contributed by atoms with Crippen molar-refractivity contribution < 1.29 is 22.4 Å². The van der Waals surface area contributed by atoms with E-state index in [9.17, 15) is 22.4 Å². The van der Waals surface area contributed by atoms with E-state index in [-0.39, 0.29) is 29.0 Å². The summed E-state index contributed by atoms with van der Waals surface area (Å²) in [5, 5.41) is 2.87. The number of nitrogens with one attached hydrogen (secondary N) is 1. The van der Waals surface area contributed by atoms with Crippen molar-refractivity contribution in [1.82, 2.24) is 10.2 Å². The van der Waals surface area contributed by atoms with Gasteiger partial charge in [-0.2, -0.15) is 0 Å². The minimum absolute atomic E-state index is 0.143. The van der Waals surface area contributed by atoms with Gasteiger partial charge in [0.15, 0.2) is 0 Å². The quantitative estimate of drug-likeness (QED) is 0.356. The van der Waals surface area contributed by atoms with Gasteiger partial charge in [0.2, 0.25) is 11.8 Å². The third-order valence-electron chi connectivity index (χ3n) is 6.34. The number of anilines is 1. The Kier molecular flexibility index (Phi) is 10.2. The molecule has 3 rings (SSSR count). The normalized spacial score (nSPS) is 12.2. The second-order valence-corrected chi connectivity index (χ2v) is 11.8. The van der Waals surface area contributed by atoms with Crippen LogP contribution in [-0.2, 0) is 26.0 Å². The lowest BCUT2D eigenvalue weighted by molar-refractivity contribution is -0.138. The predicted octanol–water partition coefficient (Wildman–Crippen LogP) is 4.56. The van der Waals surface area contributed by atoms with Gasteiger partial charge < -0.3 is 10.2 Å². The average molecular weight is 554 g/mol. The van der Waals surface area contributed by atoms with E-state index >= 15 is 0 Å². The first-order valence-corrected chi connectivity index (χ1v) is 14.4. The number of rotatable bonds is 12. The Morgan fingerprint density at radius 3 is 2.10 bits per heavy atom. The fourth-order valence-electron chi connectivity index (χ4n) is 4.00. The van der Waals surface area contributed by atoms with Gasteiger partial charge in [-0.1, -0.05) is 61.9 Å². The molecular weight excluding hydrogens is 517 g/mol. The third kappa shape index (κ3) is 8.13. The van der Waals surface area contributed by atoms with Crippen molar-refractivity contribution in [2.24, 2.45) is 5.92 Å². The molecule has 0 heterocycles. The molecule has 0 unspecified atom stereocenters. The van der Waals surface area contributed by atoms with Gasteiger partial charge in [-0.3, -0.25) is 13.9 Å². The molecule has 2 amide bonds. The number of halogens is 1. The van der Waals surface area contributed by atoms with Crippen LogP contribution in [0.15, 0.2) is 83.8 Å². The number of carbonyl (C=O) groups excluding carboxylic acids is 2. The monoisotopic (exact) mass is 553 g/mol. The van der Waals surface area contributed by atoms with Crippen LogP contribution in [-0.4, -0.2) is 50.8 Å². The van der Waals surface area contributed by atoms with Gasteiger partial charge in [0.05, 0.1) is 10.6 Å². The number of aryl methyl sites for hydroxylation is 1. The summed E-state index contributed by atoms with van der Waals surface area (Å²) in [5.41, 5.74) is 2.20. The number of carbonyl (C=O) groups is 2. The average Bonchev–Trinajstić information content (AvgIpc) is 2.91. The summed E-state index contributed by atoms with van der Waals surface area (Å²) in [6, 6.07) is 20.0. The van der Waals surface area contributed by atoms with Gasteiger partial charge >= 0.3 is 0 Å². The molecule has 0 aliphatic rings. The van der Waals surface area contributed by atoms with E-state index < -0.39 is 34.3 Å². The maximum atomic E-state index is 13.8. The lowest BCUT2D eigenvalue weighted by atomic mass is 10.1. The molecule has 7 nitrogen and oxygen atoms in total. The summed E-state index contributed by atoms with van der Waals surface area (Å²) >= 11 is 0. The molecule has 0 aliphatic carbocycles. The van der Waals surface area contributed by atoms with Gasteiger partial charge in [0, 0.05) is 13.1 Å². The highest BCUT2D eigenvalue weighted by Crippen LogP contribution is 2.25. The minimum Gasteiger partial charge on any atom is -0.354 e. The Labute approximate surface area is 230 Å². The van der Waals surface area contributed by atoms with Crippen molar-refractivity contribution >= 4 is 27.5 Å². The number of amides is 2. The van der Waals surface area contributed by atoms with Crippen LogP contribution in [0.3, 0.4) is 0 Å². The van der Waals surface area contributed by atoms with E-state index in [0.29, 0.717) is 13.0 Å². The van der Waals surface area contributed by atoms with Crippen LogP contribution in [0.5, 0.6) is 0 Å². The highest BCUT2D eigenvalue weighted by molar-refractivity contribution is 7.92. The molecule has 9 heteroatoms. The molecule has 0 aromatic heterocycles. The van der Waals surface area contributed by atoms with Crippen molar-refractivity contribution in [3.63, 3.8) is 0 Å². The molecular formula is C30H36FN3O4S. The molecule has 0 saturated heterocycles. The van der Waals surface area contributed by atoms with Crippen LogP contribution in [0.2, 0.25) is 0 Å². The number of sulfonamides is 1. The third-order valence-corrected chi connectivity index (χ3v) is 8.13. The first-order valence-electron chi connectivity index (χ1n) is 12.9. The minimum atomic E-state index is -4.23. The molecule has 0 saturated carbocycles. The maximum absolute atomic E-state index is 13.8. The summed E-state index contributed by atoms with van der Waals surface area (Å²) in [4.78, 5) is 28.1. The molecule has 0 radical (unpaired) electrons. The fraction of sp³-hybridized carbons (Fsp3) is 0.333. The van der Waals surface area contributed by atoms with Crippen molar-refractivity contribution in [2.45, 2.75) is 45.1 Å². The van der Waals surface area contributed by atoms with Crippen LogP contribution in [0, 0.1) is 18.7 Å². The van der Waals surface area contributed by atoms with E-state index in [1.165, 1.54) is 17.0 Å². The smallest absolute Gasteiger partial charge is 0.264 e. The van der Waals surface area contributed by atoms with E-state index in [1.807, 2.05) is 51.1 Å². The van der Waals surface area contributed by atoms with Gasteiger partial charge in [0.25, 0.3) is 10.0 Å². The standard InChI is InChI=1S/C30H36FN3O4S/c1-22(2)20-32-30(36)24(4)33(19-18-25-8-6-5-7-9-25)29(35)21-34(27-14-10-23(3)11-15-27)39(37,38)28-16-12-26(31)13-17-28/h5-17,22,24H,18-21H2,1-4H3,(H,32,36)/t24-/m0/s1. The summed E-state index contributed by atoms with van der Waals surface area (Å²) in [7, 11) is -4.23. The van der Waals surface area contributed by atoms with E-state index in [0.717, 1.165) is 27.6 Å². The second-order valence-electron chi connectivity index (χ2n) is 9.94. The fourth-order valence-corrected chi connectivity index (χ4v) is 5.41. The number of hydrogen-bond donors (Lipinski definition) is 1. The number of hydrogen-bond acceptors (Lipinski definition) is 4. The predicted molar refractivity (Wildman–Crippen MR) is 151 cm³/mol. The molecule has 1 atom stereocenters. The van der Waals surface area contributed by atoms with Gasteiger partial charge in [-0.25, -0.2) is 12.8 Å². The Morgan fingerprint density at radius 1 is 0.897 bits per heavy atom. The lowest BCUT2D eigenvalue weighted by Gasteiger charge is -2.32. The van der Waals surface area contributed by atoms with Crippen LogP contribution < -0.4 is 9.62 Å². The molecule has 208 valence electrons. The van der Waals surface area contributed by atoms with Crippen molar-refractivity contribution in [2.75, 3.05) is 23.9 Å². The zero-order valence-electron chi connectivity index (χ0n) is 22.8. The molecule has 0 fully saturated rings. The molecule has 0 bridgehead atoms. The van der Waals surface area contributed by atoms with E-state index in [2.05, 4.69) is 5.32 Å². The van der Waals surface area contributed by atoms with Crippen LogP contribution in [0.4, 0.5) is 10.1 Å². The summed E-state index contributed by atoms with van der Waals surface area (Å²) < 4.78 is 42.0. The Hall–Kier alpha value is -3.72. The largest absolute Gasteiger partial charge is 0.354 e. The molecule has 3 aromatic carbocycles. The first-order chi connectivity index (χ1) is 18.5. The lowest BCUT2D eigenvalue weighted by Crippen LogP contribution is -2.52. The van der Waals surface area contributed by atoms with E-state index in [4.69, 9.17) is 0 Å². The topological polar surface area (TPSA) is 86.8 Å². The van der Waals surface area contributed by atoms with Gasteiger partial charge in [-0.15, -0.1) is 0 Å². The Bertz CT molecular complexity index is 1350. The molecule has 3 aromatic rings. The molecule has 1 N–H and O–H groups in total. The molecule has 0 spiro atoms. The van der Waals surface area contributed by atoms with Crippen molar-refractivity contribution in [3.05, 3.63) is 95.8 Å². The highest BCUT2D eigenvalue weighted by atomic mass is 32.2. The first kappa shape index (κ1) is 29.8. The Morgan fingerprint density at radius 2 is 1.51 bits per heavy atom. The molecule has 0 aliphatic heterocycles. The number of benzene rings is 3. The van der Waals surface area contributed by atoms with Crippen LogP contribution in [0.25, 0.3) is 0 Å². The number of nitrogens with zero attached hydrogens (tertiary/aromatic N) is 2. The zero-order chi connectivity index (χ0) is 28.6. The Balaban J connectivity index is 1.95. The van der Waals surface area contributed by atoms with Crippen LogP contribution >= 0.6 is 0 Å².